The highest BCUT2D eigenvalue weighted by atomic mass is 28.2. The molecule has 2 heteroatoms. The van der Waals surface area contributed by atoms with Crippen LogP contribution < -0.4 is 5.19 Å². The molecule has 0 atom stereocenters. The van der Waals surface area contributed by atoms with Crippen LogP contribution in [0.3, 0.4) is 0 Å². The van der Waals surface area contributed by atoms with Crippen LogP contribution in [0, 0.1) is 0 Å². The molecule has 0 saturated heterocycles. The van der Waals surface area contributed by atoms with Crippen LogP contribution in [-0.2, 0) is 4.43 Å². The van der Waals surface area contributed by atoms with Gasteiger partial charge in [0.2, 0.25) is 0 Å². The van der Waals surface area contributed by atoms with Crippen LogP contribution in [0.1, 0.15) is 5.56 Å². The zero-order valence-electron chi connectivity index (χ0n) is 6.50. The zero-order chi connectivity index (χ0) is 8.10. The van der Waals surface area contributed by atoms with Crippen LogP contribution in [0.2, 0.25) is 0 Å². The minimum Gasteiger partial charge on any atom is -0.415 e. The molecule has 0 aliphatic carbocycles. The molecule has 0 amide bonds. The Balaban J connectivity index is 2.74. The minimum absolute atomic E-state index is 0.451. The molecule has 0 bridgehead atoms. The topological polar surface area (TPSA) is 9.23 Å². The number of hydrogen-bond acceptors (Lipinski definition) is 1. The monoisotopic (exact) mass is 162 g/mol. The summed E-state index contributed by atoms with van der Waals surface area (Å²) in [6, 6.07) is 8.18. The van der Waals surface area contributed by atoms with Crippen LogP contribution in [0.15, 0.2) is 30.8 Å². The fourth-order valence-electron chi connectivity index (χ4n) is 0.805. The smallest absolute Gasteiger partial charge is 0.268 e. The normalized spacial score (nSPS) is 9.55. The van der Waals surface area contributed by atoms with Gasteiger partial charge in [0.15, 0.2) is 0 Å². The third-order valence-electron chi connectivity index (χ3n) is 1.37. The van der Waals surface area contributed by atoms with E-state index in [1.54, 1.807) is 7.11 Å². The van der Waals surface area contributed by atoms with Crippen LogP contribution in [0.25, 0.3) is 6.08 Å². The Morgan fingerprint density at radius 1 is 1.36 bits per heavy atom. The Bertz CT molecular complexity index is 228. The van der Waals surface area contributed by atoms with Gasteiger partial charge in [0.1, 0.15) is 0 Å². The lowest BCUT2D eigenvalue weighted by Gasteiger charge is -1.96. The minimum atomic E-state index is 0.451. The highest BCUT2D eigenvalue weighted by molar-refractivity contribution is 6.46. The van der Waals surface area contributed by atoms with Crippen molar-refractivity contribution in [2.24, 2.45) is 0 Å². The van der Waals surface area contributed by atoms with Gasteiger partial charge in [-0.15, -0.1) is 0 Å². The third kappa shape index (κ3) is 2.33. The number of rotatable bonds is 3. The lowest BCUT2D eigenvalue weighted by Crippen LogP contribution is -2.14. The first-order valence-corrected chi connectivity index (χ1v) is 4.29. The summed E-state index contributed by atoms with van der Waals surface area (Å²) < 4.78 is 5.00. The maximum absolute atomic E-state index is 5.00. The molecule has 0 spiro atoms. The number of hydrogen-bond donors (Lipinski definition) is 0. The van der Waals surface area contributed by atoms with Crippen LogP contribution in [0.4, 0.5) is 0 Å². The van der Waals surface area contributed by atoms with E-state index in [1.165, 1.54) is 5.19 Å². The second-order valence-electron chi connectivity index (χ2n) is 2.13. The molecule has 1 aromatic carbocycles. The van der Waals surface area contributed by atoms with E-state index in [2.05, 4.69) is 18.7 Å². The average molecular weight is 162 g/mol. The summed E-state index contributed by atoms with van der Waals surface area (Å²) in [6.45, 7) is 3.68. The van der Waals surface area contributed by atoms with Crippen molar-refractivity contribution in [3.05, 3.63) is 36.4 Å². The summed E-state index contributed by atoms with van der Waals surface area (Å²) in [4.78, 5) is 0. The average Bonchev–Trinajstić information content (AvgIpc) is 2.07. The molecule has 0 heterocycles. The van der Waals surface area contributed by atoms with E-state index in [0.717, 1.165) is 5.56 Å². The van der Waals surface area contributed by atoms with Crippen LogP contribution in [-0.4, -0.2) is 16.9 Å². The quantitative estimate of drug-likeness (QED) is 0.607. The lowest BCUT2D eigenvalue weighted by atomic mass is 10.2. The molecule has 11 heavy (non-hydrogen) atoms. The van der Waals surface area contributed by atoms with Crippen molar-refractivity contribution >= 4 is 21.0 Å². The zero-order valence-corrected chi connectivity index (χ0v) is 7.50. The second-order valence-corrected chi connectivity index (χ2v) is 3.32. The van der Waals surface area contributed by atoms with Gasteiger partial charge in [-0.1, -0.05) is 36.9 Å². The molecular weight excluding hydrogens is 152 g/mol. The highest BCUT2D eigenvalue weighted by Crippen LogP contribution is 1.96. The Hall–Kier alpha value is -0.863. The first-order valence-electron chi connectivity index (χ1n) is 3.38. The van der Waals surface area contributed by atoms with Gasteiger partial charge in [0.25, 0.3) is 9.76 Å². The van der Waals surface area contributed by atoms with Gasteiger partial charge < -0.3 is 4.43 Å². The Labute approximate surface area is 69.6 Å². The van der Waals surface area contributed by atoms with E-state index < -0.39 is 0 Å². The largest absolute Gasteiger partial charge is 0.415 e. The molecular formula is C9H10OSi. The summed E-state index contributed by atoms with van der Waals surface area (Å²) in [6.07, 6.45) is 1.83. The fourth-order valence-corrected chi connectivity index (χ4v) is 1.34. The molecule has 0 aliphatic rings. The van der Waals surface area contributed by atoms with E-state index in [-0.39, 0.29) is 0 Å². The maximum atomic E-state index is 5.00. The Morgan fingerprint density at radius 3 is 2.45 bits per heavy atom. The molecule has 2 radical (unpaired) electrons. The van der Waals surface area contributed by atoms with Crippen molar-refractivity contribution in [2.75, 3.05) is 7.11 Å². The highest BCUT2D eigenvalue weighted by Gasteiger charge is 1.92. The molecule has 0 aliphatic heterocycles. The predicted molar refractivity (Wildman–Crippen MR) is 48.9 cm³/mol. The molecule has 56 valence electrons. The summed E-state index contributed by atoms with van der Waals surface area (Å²) in [5, 5.41) is 1.22. The summed E-state index contributed by atoms with van der Waals surface area (Å²) in [7, 11) is 2.16. The molecule has 0 N–H and O–H groups in total. The first kappa shape index (κ1) is 8.24. The van der Waals surface area contributed by atoms with E-state index in [9.17, 15) is 0 Å². The fraction of sp³-hybridized carbons (Fsp3) is 0.111. The SMILES string of the molecule is C=Cc1ccc([Si]OC)cc1. The van der Waals surface area contributed by atoms with Crippen molar-refractivity contribution in [1.29, 1.82) is 0 Å². The molecule has 0 fully saturated rings. The molecule has 1 nitrogen and oxygen atoms in total. The van der Waals surface area contributed by atoms with Crippen LogP contribution in [0.5, 0.6) is 0 Å². The standard InChI is InChI=1S/C9H10OSi/c1-3-8-4-6-9(7-5-8)11-10-2/h3-7H,1H2,2H3. The Kier molecular flexibility index (Phi) is 3.07. The van der Waals surface area contributed by atoms with Crippen molar-refractivity contribution in [3.8, 4) is 0 Å². The summed E-state index contributed by atoms with van der Waals surface area (Å²) in [5.74, 6) is 0. The van der Waals surface area contributed by atoms with Crippen molar-refractivity contribution in [3.63, 3.8) is 0 Å². The molecule has 1 aromatic rings. The van der Waals surface area contributed by atoms with E-state index in [1.807, 2.05) is 18.2 Å². The second kappa shape index (κ2) is 4.11. The van der Waals surface area contributed by atoms with E-state index in [0.29, 0.717) is 9.76 Å². The van der Waals surface area contributed by atoms with Gasteiger partial charge in [-0.25, -0.2) is 0 Å². The van der Waals surface area contributed by atoms with Gasteiger partial charge in [-0.2, -0.15) is 0 Å². The van der Waals surface area contributed by atoms with Crippen molar-refractivity contribution in [2.45, 2.75) is 0 Å². The van der Waals surface area contributed by atoms with Gasteiger partial charge in [-0.3, -0.25) is 0 Å². The van der Waals surface area contributed by atoms with Crippen LogP contribution >= 0.6 is 0 Å². The van der Waals surface area contributed by atoms with Crippen molar-refractivity contribution < 1.29 is 4.43 Å². The predicted octanol–water partition coefficient (Wildman–Crippen LogP) is 1.22. The van der Waals surface area contributed by atoms with Gasteiger partial charge in [0.05, 0.1) is 0 Å². The lowest BCUT2D eigenvalue weighted by molar-refractivity contribution is 0.450. The molecule has 0 saturated carbocycles. The Morgan fingerprint density at radius 2 is 2.00 bits per heavy atom. The molecule has 1 rings (SSSR count). The molecule has 0 aromatic heterocycles. The molecule has 0 unspecified atom stereocenters. The number of benzene rings is 1. The maximum Gasteiger partial charge on any atom is 0.268 e. The van der Waals surface area contributed by atoms with Gasteiger partial charge in [0, 0.05) is 7.11 Å². The van der Waals surface area contributed by atoms with Gasteiger partial charge in [-0.05, 0) is 10.8 Å². The van der Waals surface area contributed by atoms with E-state index >= 15 is 0 Å². The van der Waals surface area contributed by atoms with Crippen molar-refractivity contribution in [1.82, 2.24) is 0 Å². The van der Waals surface area contributed by atoms with E-state index in [4.69, 9.17) is 4.43 Å². The summed E-state index contributed by atoms with van der Waals surface area (Å²) >= 11 is 0. The summed E-state index contributed by atoms with van der Waals surface area (Å²) in [5.41, 5.74) is 1.15. The van der Waals surface area contributed by atoms with Gasteiger partial charge >= 0.3 is 0 Å². The third-order valence-corrected chi connectivity index (χ3v) is 2.14. The first-order chi connectivity index (χ1) is 5.36.